The van der Waals surface area contributed by atoms with Gasteiger partial charge >= 0.3 is 0 Å². The lowest BCUT2D eigenvalue weighted by molar-refractivity contribution is -0.114. The Labute approximate surface area is 147 Å². The van der Waals surface area contributed by atoms with E-state index in [1.807, 2.05) is 0 Å². The third kappa shape index (κ3) is 4.87. The van der Waals surface area contributed by atoms with Crippen molar-refractivity contribution in [3.8, 4) is 11.8 Å². The maximum absolute atomic E-state index is 11.6. The van der Waals surface area contributed by atoms with E-state index in [1.54, 1.807) is 6.92 Å². The normalized spacial score (nSPS) is 15.3. The minimum Gasteiger partial charge on any atom is -0.326 e. The zero-order valence-electron chi connectivity index (χ0n) is 15.8. The molecule has 1 aromatic rings. The van der Waals surface area contributed by atoms with Gasteiger partial charge in [0.05, 0.1) is 0 Å². The summed E-state index contributed by atoms with van der Waals surface area (Å²) in [5, 5.41) is 3.05. The van der Waals surface area contributed by atoms with Gasteiger partial charge in [0.15, 0.2) is 0 Å². The zero-order valence-corrected chi connectivity index (χ0v) is 15.8. The summed E-state index contributed by atoms with van der Waals surface area (Å²) in [6.45, 7) is 10.3. The van der Waals surface area contributed by atoms with Crippen LogP contribution in [0, 0.1) is 17.8 Å². The minimum absolute atomic E-state index is 0.0140. The molecule has 2 heteroatoms. The van der Waals surface area contributed by atoms with Crippen LogP contribution in [0.25, 0.3) is 0 Å². The lowest BCUT2D eigenvalue weighted by Gasteiger charge is -2.21. The number of hydrogen-bond donors (Lipinski definition) is 1. The standard InChI is InChI=1S/C22H31NO/c1-15(2)20-13-19(12-11-18-9-7-6-8-10-18)14-21(16(3)4)22(20)23-17(5)24/h13-16,18H,6-10H2,1-5H3,(H,23,24). The summed E-state index contributed by atoms with van der Waals surface area (Å²) in [6.07, 6.45) is 6.47. The largest absolute Gasteiger partial charge is 0.326 e. The molecule has 0 aliphatic heterocycles. The molecule has 1 aliphatic carbocycles. The molecular weight excluding hydrogens is 294 g/mol. The lowest BCUT2D eigenvalue weighted by Crippen LogP contribution is -2.12. The number of amides is 1. The fourth-order valence-corrected chi connectivity index (χ4v) is 3.42. The van der Waals surface area contributed by atoms with Crippen LogP contribution in [0.3, 0.4) is 0 Å². The highest BCUT2D eigenvalue weighted by atomic mass is 16.1. The van der Waals surface area contributed by atoms with Crippen LogP contribution < -0.4 is 5.32 Å². The average Bonchev–Trinajstić information content (AvgIpc) is 2.53. The molecule has 1 saturated carbocycles. The molecule has 0 atom stereocenters. The summed E-state index contributed by atoms with van der Waals surface area (Å²) in [6, 6.07) is 4.33. The predicted molar refractivity (Wildman–Crippen MR) is 102 cm³/mol. The van der Waals surface area contributed by atoms with Crippen LogP contribution >= 0.6 is 0 Å². The van der Waals surface area contributed by atoms with Crippen LogP contribution in [0.2, 0.25) is 0 Å². The Morgan fingerprint density at radius 1 is 1.04 bits per heavy atom. The zero-order chi connectivity index (χ0) is 17.7. The smallest absolute Gasteiger partial charge is 0.221 e. The third-order valence-corrected chi connectivity index (χ3v) is 4.77. The van der Waals surface area contributed by atoms with E-state index in [9.17, 15) is 4.79 Å². The summed E-state index contributed by atoms with van der Waals surface area (Å²) in [5.41, 5.74) is 4.44. The first kappa shape index (κ1) is 18.6. The molecule has 0 saturated heterocycles. The topological polar surface area (TPSA) is 29.1 Å². The van der Waals surface area contributed by atoms with Crippen molar-refractivity contribution in [2.24, 2.45) is 5.92 Å². The number of nitrogens with one attached hydrogen (secondary N) is 1. The minimum atomic E-state index is -0.0140. The van der Waals surface area contributed by atoms with Gasteiger partial charge in [0.25, 0.3) is 0 Å². The SMILES string of the molecule is CC(=O)Nc1c(C(C)C)cc(C#CC2CCCCC2)cc1C(C)C. The highest BCUT2D eigenvalue weighted by Crippen LogP contribution is 2.34. The van der Waals surface area contributed by atoms with Crippen molar-refractivity contribution in [2.75, 3.05) is 5.32 Å². The molecule has 24 heavy (non-hydrogen) atoms. The molecule has 1 amide bonds. The van der Waals surface area contributed by atoms with E-state index >= 15 is 0 Å². The summed E-state index contributed by atoms with van der Waals surface area (Å²) in [5.74, 6) is 8.15. The number of anilines is 1. The van der Waals surface area contributed by atoms with E-state index in [0.29, 0.717) is 17.8 Å². The van der Waals surface area contributed by atoms with Gasteiger partial charge in [0.1, 0.15) is 0 Å². The average molecular weight is 325 g/mol. The molecule has 1 aromatic carbocycles. The molecule has 0 unspecified atom stereocenters. The first-order chi connectivity index (χ1) is 11.4. The van der Waals surface area contributed by atoms with Gasteiger partial charge in [-0.1, -0.05) is 58.8 Å². The van der Waals surface area contributed by atoms with Crippen molar-refractivity contribution >= 4 is 11.6 Å². The van der Waals surface area contributed by atoms with E-state index in [0.717, 1.165) is 11.3 Å². The molecule has 0 spiro atoms. The lowest BCUT2D eigenvalue weighted by atomic mass is 9.88. The number of carbonyl (C=O) groups is 1. The summed E-state index contributed by atoms with van der Waals surface area (Å²) in [7, 11) is 0. The Hall–Kier alpha value is -1.75. The van der Waals surface area contributed by atoms with E-state index in [4.69, 9.17) is 0 Å². The van der Waals surface area contributed by atoms with Crippen LogP contribution in [-0.4, -0.2) is 5.91 Å². The molecule has 0 bridgehead atoms. The molecule has 1 N–H and O–H groups in total. The van der Waals surface area contributed by atoms with E-state index in [2.05, 4.69) is 57.0 Å². The molecular formula is C22H31NO. The number of rotatable bonds is 3. The van der Waals surface area contributed by atoms with Gasteiger partial charge in [-0.15, -0.1) is 0 Å². The molecule has 1 fully saturated rings. The molecule has 0 radical (unpaired) electrons. The van der Waals surface area contributed by atoms with Gasteiger partial charge in [0.2, 0.25) is 5.91 Å². The maximum Gasteiger partial charge on any atom is 0.221 e. The second-order valence-electron chi connectivity index (χ2n) is 7.62. The summed E-state index contributed by atoms with van der Waals surface area (Å²) >= 11 is 0. The fourth-order valence-electron chi connectivity index (χ4n) is 3.42. The predicted octanol–water partition coefficient (Wildman–Crippen LogP) is 5.82. The van der Waals surface area contributed by atoms with Gasteiger partial charge in [-0.05, 0) is 47.9 Å². The molecule has 0 heterocycles. The van der Waals surface area contributed by atoms with Gasteiger partial charge in [-0.2, -0.15) is 0 Å². The first-order valence-corrected chi connectivity index (χ1v) is 9.35. The van der Waals surface area contributed by atoms with Gasteiger partial charge < -0.3 is 5.32 Å². The van der Waals surface area contributed by atoms with Crippen LogP contribution in [0.15, 0.2) is 12.1 Å². The third-order valence-electron chi connectivity index (χ3n) is 4.77. The highest BCUT2D eigenvalue weighted by molar-refractivity contribution is 5.91. The molecule has 2 nitrogen and oxygen atoms in total. The highest BCUT2D eigenvalue weighted by Gasteiger charge is 2.17. The Kier molecular flexibility index (Phi) is 6.49. The van der Waals surface area contributed by atoms with Crippen LogP contribution in [0.5, 0.6) is 0 Å². The first-order valence-electron chi connectivity index (χ1n) is 9.35. The summed E-state index contributed by atoms with van der Waals surface area (Å²) in [4.78, 5) is 11.6. The molecule has 130 valence electrons. The van der Waals surface area contributed by atoms with Crippen molar-refractivity contribution in [3.05, 3.63) is 28.8 Å². The maximum atomic E-state index is 11.6. The Morgan fingerprint density at radius 2 is 1.58 bits per heavy atom. The molecule has 1 aliphatic rings. The fraction of sp³-hybridized carbons (Fsp3) is 0.591. The van der Waals surface area contributed by atoms with Gasteiger partial charge in [-0.3, -0.25) is 4.79 Å². The van der Waals surface area contributed by atoms with Crippen LogP contribution in [-0.2, 0) is 4.79 Å². The monoisotopic (exact) mass is 325 g/mol. The molecule has 0 aromatic heterocycles. The van der Waals surface area contributed by atoms with Crippen molar-refractivity contribution < 1.29 is 4.79 Å². The van der Waals surface area contributed by atoms with E-state index in [1.165, 1.54) is 43.2 Å². The second-order valence-corrected chi connectivity index (χ2v) is 7.62. The van der Waals surface area contributed by atoms with Crippen molar-refractivity contribution in [1.82, 2.24) is 0 Å². The van der Waals surface area contributed by atoms with Crippen molar-refractivity contribution in [3.63, 3.8) is 0 Å². The summed E-state index contributed by atoms with van der Waals surface area (Å²) < 4.78 is 0. The van der Waals surface area contributed by atoms with Gasteiger partial charge in [-0.25, -0.2) is 0 Å². The second kappa shape index (κ2) is 8.38. The van der Waals surface area contributed by atoms with E-state index < -0.39 is 0 Å². The quantitative estimate of drug-likeness (QED) is 0.697. The van der Waals surface area contributed by atoms with Crippen LogP contribution in [0.4, 0.5) is 5.69 Å². The molecule has 2 rings (SSSR count). The Bertz CT molecular complexity index is 611. The number of hydrogen-bond acceptors (Lipinski definition) is 1. The number of benzene rings is 1. The van der Waals surface area contributed by atoms with Gasteiger partial charge in [0, 0.05) is 24.1 Å². The van der Waals surface area contributed by atoms with Crippen LogP contribution in [0.1, 0.15) is 95.2 Å². The van der Waals surface area contributed by atoms with Crippen molar-refractivity contribution in [2.45, 2.75) is 78.6 Å². The number of carbonyl (C=O) groups excluding carboxylic acids is 1. The Balaban J connectivity index is 2.42. The Morgan fingerprint density at radius 3 is 2.04 bits per heavy atom. The van der Waals surface area contributed by atoms with E-state index in [-0.39, 0.29) is 5.91 Å². The van der Waals surface area contributed by atoms with Crippen molar-refractivity contribution in [1.29, 1.82) is 0 Å².